The Kier molecular flexibility index (Phi) is 6.43. The van der Waals surface area contributed by atoms with Crippen molar-refractivity contribution in [1.82, 2.24) is 4.90 Å². The highest BCUT2D eigenvalue weighted by Gasteiger charge is 2.24. The summed E-state index contributed by atoms with van der Waals surface area (Å²) in [5.74, 6) is 0.0699. The molecule has 0 aromatic heterocycles. The minimum Gasteiger partial charge on any atom is -0.338 e. The molecule has 1 unspecified atom stereocenters. The first-order valence-corrected chi connectivity index (χ1v) is 6.86. The van der Waals surface area contributed by atoms with Crippen LogP contribution in [0, 0.1) is 18.7 Å². The van der Waals surface area contributed by atoms with E-state index in [-0.39, 0.29) is 24.1 Å². The van der Waals surface area contributed by atoms with Gasteiger partial charge in [-0.3, -0.25) is 4.79 Å². The smallest absolute Gasteiger partial charge is 0.253 e. The number of aryl methyl sites for hydroxylation is 1. The fraction of sp³-hybridized carbons (Fsp3) is 0.533. The molecular formula is C15H22ClFN2O. The van der Waals surface area contributed by atoms with Crippen LogP contribution in [0.2, 0.25) is 0 Å². The van der Waals surface area contributed by atoms with Gasteiger partial charge in [0.15, 0.2) is 0 Å². The number of nitrogens with two attached hydrogens (primary N) is 1. The average molecular weight is 301 g/mol. The predicted octanol–water partition coefficient (Wildman–Crippen LogP) is 2.76. The Morgan fingerprint density at radius 3 is 2.85 bits per heavy atom. The second-order valence-corrected chi connectivity index (χ2v) is 5.35. The lowest BCUT2D eigenvalue weighted by Gasteiger charge is -2.32. The first-order valence-electron chi connectivity index (χ1n) is 6.86. The van der Waals surface area contributed by atoms with E-state index in [1.807, 2.05) is 4.90 Å². The molecule has 1 amide bonds. The monoisotopic (exact) mass is 300 g/mol. The third-order valence-electron chi connectivity index (χ3n) is 3.67. The molecule has 1 aromatic rings. The lowest BCUT2D eigenvalue weighted by atomic mass is 9.94. The van der Waals surface area contributed by atoms with E-state index in [9.17, 15) is 9.18 Å². The van der Waals surface area contributed by atoms with E-state index in [1.54, 1.807) is 13.0 Å². The summed E-state index contributed by atoms with van der Waals surface area (Å²) in [5, 5.41) is 0. The molecule has 1 aromatic carbocycles. The van der Waals surface area contributed by atoms with Crippen molar-refractivity contribution in [3.8, 4) is 0 Å². The number of hydrogen-bond acceptors (Lipinski definition) is 2. The highest BCUT2D eigenvalue weighted by atomic mass is 35.5. The maximum absolute atomic E-state index is 13.4. The summed E-state index contributed by atoms with van der Waals surface area (Å²) < 4.78 is 13.4. The van der Waals surface area contributed by atoms with Crippen molar-refractivity contribution in [2.75, 3.05) is 19.6 Å². The Morgan fingerprint density at radius 1 is 1.45 bits per heavy atom. The minimum atomic E-state index is -0.348. The zero-order valence-corrected chi connectivity index (χ0v) is 12.6. The fourth-order valence-electron chi connectivity index (χ4n) is 2.76. The third kappa shape index (κ3) is 4.18. The van der Waals surface area contributed by atoms with Gasteiger partial charge in [0.05, 0.1) is 0 Å². The molecule has 1 atom stereocenters. The molecule has 0 bridgehead atoms. The molecule has 1 fully saturated rings. The molecule has 2 rings (SSSR count). The van der Waals surface area contributed by atoms with E-state index in [0.717, 1.165) is 37.9 Å². The molecular weight excluding hydrogens is 279 g/mol. The van der Waals surface area contributed by atoms with Gasteiger partial charge in [-0.2, -0.15) is 0 Å². The largest absolute Gasteiger partial charge is 0.338 e. The van der Waals surface area contributed by atoms with Gasteiger partial charge in [-0.1, -0.05) is 0 Å². The van der Waals surface area contributed by atoms with Crippen LogP contribution in [0.4, 0.5) is 4.39 Å². The van der Waals surface area contributed by atoms with E-state index in [0.29, 0.717) is 18.0 Å². The maximum Gasteiger partial charge on any atom is 0.253 e. The minimum absolute atomic E-state index is 0. The van der Waals surface area contributed by atoms with Gasteiger partial charge in [0.1, 0.15) is 5.82 Å². The number of carbonyl (C=O) groups is 1. The van der Waals surface area contributed by atoms with E-state index in [4.69, 9.17) is 5.73 Å². The van der Waals surface area contributed by atoms with Crippen molar-refractivity contribution in [2.45, 2.75) is 26.2 Å². The van der Waals surface area contributed by atoms with Gasteiger partial charge in [0.2, 0.25) is 0 Å². The van der Waals surface area contributed by atoms with Gasteiger partial charge in [-0.25, -0.2) is 4.39 Å². The van der Waals surface area contributed by atoms with Crippen LogP contribution in [0.5, 0.6) is 0 Å². The number of benzene rings is 1. The lowest BCUT2D eigenvalue weighted by Crippen LogP contribution is -2.40. The number of carbonyl (C=O) groups excluding carboxylic acids is 1. The average Bonchev–Trinajstić information content (AvgIpc) is 2.37. The lowest BCUT2D eigenvalue weighted by molar-refractivity contribution is 0.0669. The van der Waals surface area contributed by atoms with E-state index >= 15 is 0 Å². The van der Waals surface area contributed by atoms with Crippen LogP contribution in [-0.4, -0.2) is 30.4 Å². The van der Waals surface area contributed by atoms with Crippen molar-refractivity contribution < 1.29 is 9.18 Å². The summed E-state index contributed by atoms with van der Waals surface area (Å²) >= 11 is 0. The van der Waals surface area contributed by atoms with Crippen LogP contribution in [0.15, 0.2) is 18.2 Å². The SMILES string of the molecule is Cc1cc(F)cc(C(=O)N2CCCC(CCN)C2)c1.Cl. The van der Waals surface area contributed by atoms with Gasteiger partial charge in [0, 0.05) is 18.7 Å². The van der Waals surface area contributed by atoms with Crippen LogP contribution in [0.1, 0.15) is 35.2 Å². The Balaban J connectivity index is 0.00000200. The molecule has 1 saturated heterocycles. The van der Waals surface area contributed by atoms with Crippen LogP contribution in [-0.2, 0) is 0 Å². The first kappa shape index (κ1) is 16.9. The molecule has 1 aliphatic heterocycles. The first-order chi connectivity index (χ1) is 9.10. The van der Waals surface area contributed by atoms with Crippen molar-refractivity contribution in [1.29, 1.82) is 0 Å². The Labute approximate surface area is 125 Å². The highest BCUT2D eigenvalue weighted by Crippen LogP contribution is 2.21. The van der Waals surface area contributed by atoms with E-state index in [1.165, 1.54) is 12.1 Å². The van der Waals surface area contributed by atoms with Crippen molar-refractivity contribution in [3.63, 3.8) is 0 Å². The molecule has 20 heavy (non-hydrogen) atoms. The number of amides is 1. The number of likely N-dealkylation sites (tertiary alicyclic amines) is 1. The Morgan fingerprint density at radius 2 is 2.20 bits per heavy atom. The second kappa shape index (κ2) is 7.60. The van der Waals surface area contributed by atoms with Crippen LogP contribution < -0.4 is 5.73 Å². The number of halogens is 2. The van der Waals surface area contributed by atoms with E-state index in [2.05, 4.69) is 0 Å². The van der Waals surface area contributed by atoms with E-state index < -0.39 is 0 Å². The third-order valence-corrected chi connectivity index (χ3v) is 3.67. The van der Waals surface area contributed by atoms with Gasteiger partial charge in [-0.15, -0.1) is 12.4 Å². The van der Waals surface area contributed by atoms with Gasteiger partial charge >= 0.3 is 0 Å². The molecule has 0 aliphatic carbocycles. The molecule has 0 radical (unpaired) electrons. The molecule has 1 aliphatic rings. The summed E-state index contributed by atoms with van der Waals surface area (Å²) in [4.78, 5) is 14.2. The number of piperidine rings is 1. The molecule has 2 N–H and O–H groups in total. The molecule has 0 spiro atoms. The second-order valence-electron chi connectivity index (χ2n) is 5.35. The van der Waals surface area contributed by atoms with Crippen LogP contribution >= 0.6 is 12.4 Å². The molecule has 5 heteroatoms. The standard InChI is InChI=1S/C15H21FN2O.ClH/c1-11-7-13(9-14(16)8-11)15(19)18-6-2-3-12(10-18)4-5-17;/h7-9,12H,2-6,10,17H2,1H3;1H. The number of nitrogens with zero attached hydrogens (tertiary/aromatic N) is 1. The zero-order valence-electron chi connectivity index (χ0n) is 11.8. The molecule has 3 nitrogen and oxygen atoms in total. The summed E-state index contributed by atoms with van der Waals surface area (Å²) in [6.45, 7) is 3.96. The molecule has 1 heterocycles. The summed E-state index contributed by atoms with van der Waals surface area (Å²) in [6, 6.07) is 4.50. The Hall–Kier alpha value is -1.13. The maximum atomic E-state index is 13.4. The summed E-state index contributed by atoms with van der Waals surface area (Å²) in [5.41, 5.74) is 6.81. The number of rotatable bonds is 3. The van der Waals surface area contributed by atoms with Crippen molar-refractivity contribution >= 4 is 18.3 Å². The zero-order chi connectivity index (χ0) is 13.8. The van der Waals surface area contributed by atoms with Gasteiger partial charge in [0.25, 0.3) is 5.91 Å². The Bertz CT molecular complexity index is 445. The fourth-order valence-corrected chi connectivity index (χ4v) is 2.76. The topological polar surface area (TPSA) is 46.3 Å². The molecule has 0 saturated carbocycles. The van der Waals surface area contributed by atoms with Crippen molar-refractivity contribution in [3.05, 3.63) is 35.1 Å². The van der Waals surface area contributed by atoms with Crippen LogP contribution in [0.3, 0.4) is 0 Å². The van der Waals surface area contributed by atoms with Gasteiger partial charge in [-0.05, 0) is 62.4 Å². The highest BCUT2D eigenvalue weighted by molar-refractivity contribution is 5.94. The number of hydrogen-bond donors (Lipinski definition) is 1. The molecule has 112 valence electrons. The normalized spacial score (nSPS) is 18.6. The predicted molar refractivity (Wildman–Crippen MR) is 80.7 cm³/mol. The van der Waals surface area contributed by atoms with Crippen LogP contribution in [0.25, 0.3) is 0 Å². The summed E-state index contributed by atoms with van der Waals surface area (Å²) in [6.07, 6.45) is 3.08. The quantitative estimate of drug-likeness (QED) is 0.933. The van der Waals surface area contributed by atoms with Gasteiger partial charge < -0.3 is 10.6 Å². The summed E-state index contributed by atoms with van der Waals surface area (Å²) in [7, 11) is 0. The van der Waals surface area contributed by atoms with Crippen molar-refractivity contribution in [2.24, 2.45) is 11.7 Å².